The molecule has 1 aliphatic heterocycles. The summed E-state index contributed by atoms with van der Waals surface area (Å²) in [6, 6.07) is 0. The van der Waals surface area contributed by atoms with Gasteiger partial charge >= 0.3 is 0 Å². The van der Waals surface area contributed by atoms with E-state index in [2.05, 4.69) is 9.97 Å². The van der Waals surface area contributed by atoms with E-state index in [0.29, 0.717) is 31.7 Å². The molecule has 7 nitrogen and oxygen atoms in total. The number of aromatic nitrogens is 2. The van der Waals surface area contributed by atoms with E-state index in [0.717, 1.165) is 0 Å². The van der Waals surface area contributed by atoms with Crippen LogP contribution in [0.1, 0.15) is 19.8 Å². The zero-order valence-corrected chi connectivity index (χ0v) is 13.3. The first-order chi connectivity index (χ1) is 9.86. The lowest BCUT2D eigenvalue weighted by atomic mass is 10.0. The van der Waals surface area contributed by atoms with Crippen LogP contribution in [0.2, 0.25) is 0 Å². The van der Waals surface area contributed by atoms with E-state index in [1.165, 1.54) is 11.4 Å². The zero-order valence-electron chi connectivity index (χ0n) is 12.4. The second-order valence-electron chi connectivity index (χ2n) is 5.53. The Hall–Kier alpha value is -1.25. The van der Waals surface area contributed by atoms with Crippen LogP contribution in [0.25, 0.3) is 0 Å². The number of nitrogens with zero attached hydrogens (tertiary/aromatic N) is 4. The summed E-state index contributed by atoms with van der Waals surface area (Å²) in [6.07, 6.45) is 5.91. The monoisotopic (exact) mass is 314 g/mol. The molecule has 2 rings (SSSR count). The molecule has 2 heterocycles. The minimum atomic E-state index is -3.29. The van der Waals surface area contributed by atoms with Gasteiger partial charge in [-0.3, -0.25) is 4.98 Å². The molecule has 1 N–H and O–H groups in total. The molecule has 1 unspecified atom stereocenters. The molecule has 1 aliphatic rings. The molecule has 1 saturated heterocycles. The zero-order chi connectivity index (χ0) is 15.5. The third-order valence-electron chi connectivity index (χ3n) is 3.66. The largest absolute Gasteiger partial charge is 0.387 e. The molecule has 0 spiro atoms. The molecule has 0 amide bonds. The van der Waals surface area contributed by atoms with Crippen molar-refractivity contribution in [3.63, 3.8) is 0 Å². The molecular weight excluding hydrogens is 292 g/mol. The van der Waals surface area contributed by atoms with E-state index in [-0.39, 0.29) is 12.3 Å². The van der Waals surface area contributed by atoms with E-state index >= 15 is 0 Å². The van der Waals surface area contributed by atoms with Crippen LogP contribution in [0, 0.1) is 0 Å². The fraction of sp³-hybridized carbons (Fsp3) is 0.692. The van der Waals surface area contributed by atoms with Crippen LogP contribution in [0.15, 0.2) is 18.6 Å². The highest BCUT2D eigenvalue weighted by molar-refractivity contribution is 7.89. The van der Waals surface area contributed by atoms with Gasteiger partial charge in [0.2, 0.25) is 10.0 Å². The average molecular weight is 314 g/mol. The maximum absolute atomic E-state index is 12.0. The van der Waals surface area contributed by atoms with Crippen molar-refractivity contribution in [3.05, 3.63) is 18.6 Å². The standard InChI is InChI=1S/C13H22N4O3S/c1-3-8-21(19,20)16(2)10-13(18)4-7-17(11-13)12-9-14-5-6-15-12/h5-6,9,18H,3-4,7-8,10-11H2,1-2H3. The highest BCUT2D eigenvalue weighted by atomic mass is 32.2. The molecule has 0 aromatic carbocycles. The Labute approximate surface area is 125 Å². The SMILES string of the molecule is CCCS(=O)(=O)N(C)CC1(O)CCN(c2cnccn2)C1. The second-order valence-corrected chi connectivity index (χ2v) is 7.73. The van der Waals surface area contributed by atoms with Crippen LogP contribution < -0.4 is 4.90 Å². The Morgan fingerprint density at radius 3 is 2.86 bits per heavy atom. The van der Waals surface area contributed by atoms with Crippen LogP contribution in [0.4, 0.5) is 5.82 Å². The normalized spacial score (nSPS) is 23.0. The van der Waals surface area contributed by atoms with E-state index < -0.39 is 15.6 Å². The van der Waals surface area contributed by atoms with Crippen LogP contribution in [-0.2, 0) is 10.0 Å². The van der Waals surface area contributed by atoms with Crippen molar-refractivity contribution >= 4 is 15.8 Å². The molecule has 118 valence electrons. The Morgan fingerprint density at radius 1 is 1.48 bits per heavy atom. The first kappa shape index (κ1) is 16.1. The van der Waals surface area contributed by atoms with Gasteiger partial charge in [-0.1, -0.05) is 6.92 Å². The van der Waals surface area contributed by atoms with E-state index in [9.17, 15) is 13.5 Å². The van der Waals surface area contributed by atoms with Gasteiger partial charge in [-0.05, 0) is 12.8 Å². The predicted octanol–water partition coefficient (Wildman–Crippen LogP) is 0.0894. The smallest absolute Gasteiger partial charge is 0.213 e. The lowest BCUT2D eigenvalue weighted by molar-refractivity contribution is 0.0479. The van der Waals surface area contributed by atoms with Crippen molar-refractivity contribution < 1.29 is 13.5 Å². The van der Waals surface area contributed by atoms with Gasteiger partial charge in [0.25, 0.3) is 0 Å². The Bertz CT molecular complexity index is 566. The summed E-state index contributed by atoms with van der Waals surface area (Å²) in [6.45, 7) is 2.92. The summed E-state index contributed by atoms with van der Waals surface area (Å²) in [7, 11) is -1.77. The molecule has 21 heavy (non-hydrogen) atoms. The minimum Gasteiger partial charge on any atom is -0.387 e. The van der Waals surface area contributed by atoms with Gasteiger partial charge in [0, 0.05) is 39.1 Å². The Morgan fingerprint density at radius 2 is 2.24 bits per heavy atom. The lowest BCUT2D eigenvalue weighted by Gasteiger charge is -2.28. The summed E-state index contributed by atoms with van der Waals surface area (Å²) < 4.78 is 25.2. The molecule has 0 aliphatic carbocycles. The van der Waals surface area contributed by atoms with Gasteiger partial charge in [0.05, 0.1) is 17.6 Å². The lowest BCUT2D eigenvalue weighted by Crippen LogP contribution is -2.46. The van der Waals surface area contributed by atoms with Crippen molar-refractivity contribution in [2.45, 2.75) is 25.4 Å². The van der Waals surface area contributed by atoms with Gasteiger partial charge in [0.1, 0.15) is 5.82 Å². The molecule has 1 aromatic rings. The number of β-amino-alcohol motifs (C(OH)–C–C–N with tert-alkyl or cyclic N) is 1. The molecular formula is C13H22N4O3S. The second kappa shape index (κ2) is 6.25. The van der Waals surface area contributed by atoms with Crippen molar-refractivity contribution in [1.29, 1.82) is 0 Å². The summed E-state index contributed by atoms with van der Waals surface area (Å²) >= 11 is 0. The maximum Gasteiger partial charge on any atom is 0.213 e. The van der Waals surface area contributed by atoms with Gasteiger partial charge in [-0.25, -0.2) is 17.7 Å². The third-order valence-corrected chi connectivity index (χ3v) is 5.66. The van der Waals surface area contributed by atoms with Crippen molar-refractivity contribution in [2.24, 2.45) is 0 Å². The van der Waals surface area contributed by atoms with Gasteiger partial charge in [0.15, 0.2) is 0 Å². The molecule has 1 atom stereocenters. The van der Waals surface area contributed by atoms with E-state index in [1.807, 2.05) is 11.8 Å². The minimum absolute atomic E-state index is 0.103. The molecule has 0 saturated carbocycles. The van der Waals surface area contributed by atoms with Crippen molar-refractivity contribution in [1.82, 2.24) is 14.3 Å². The molecule has 0 bridgehead atoms. The van der Waals surface area contributed by atoms with E-state index in [4.69, 9.17) is 0 Å². The number of likely N-dealkylation sites (N-methyl/N-ethyl adjacent to an activating group) is 1. The first-order valence-corrected chi connectivity index (χ1v) is 8.64. The van der Waals surface area contributed by atoms with E-state index in [1.54, 1.807) is 18.6 Å². The fourth-order valence-corrected chi connectivity index (χ4v) is 3.83. The van der Waals surface area contributed by atoms with Crippen LogP contribution >= 0.6 is 0 Å². The fourth-order valence-electron chi connectivity index (χ4n) is 2.56. The topological polar surface area (TPSA) is 86.6 Å². The highest BCUT2D eigenvalue weighted by Crippen LogP contribution is 2.26. The molecule has 8 heteroatoms. The number of hydrogen-bond acceptors (Lipinski definition) is 6. The van der Waals surface area contributed by atoms with Crippen LogP contribution in [0.3, 0.4) is 0 Å². The number of hydrogen-bond donors (Lipinski definition) is 1. The number of sulfonamides is 1. The Balaban J connectivity index is 2.02. The number of anilines is 1. The summed E-state index contributed by atoms with van der Waals surface area (Å²) in [4.78, 5) is 10.1. The average Bonchev–Trinajstić information content (AvgIpc) is 2.82. The van der Waals surface area contributed by atoms with Crippen molar-refractivity contribution in [2.75, 3.05) is 37.3 Å². The number of aliphatic hydroxyl groups is 1. The third kappa shape index (κ3) is 3.90. The molecule has 1 fully saturated rings. The summed E-state index contributed by atoms with van der Waals surface area (Å²) in [5.41, 5.74) is -1.05. The quantitative estimate of drug-likeness (QED) is 0.801. The predicted molar refractivity (Wildman–Crippen MR) is 80.5 cm³/mol. The van der Waals surface area contributed by atoms with Gasteiger partial charge in [-0.15, -0.1) is 0 Å². The van der Waals surface area contributed by atoms with Gasteiger partial charge < -0.3 is 10.0 Å². The maximum atomic E-state index is 12.0. The highest BCUT2D eigenvalue weighted by Gasteiger charge is 2.39. The van der Waals surface area contributed by atoms with Crippen LogP contribution in [-0.4, -0.2) is 65.8 Å². The first-order valence-electron chi connectivity index (χ1n) is 7.04. The molecule has 1 aromatic heterocycles. The van der Waals surface area contributed by atoms with Crippen molar-refractivity contribution in [3.8, 4) is 0 Å². The van der Waals surface area contributed by atoms with Crippen LogP contribution in [0.5, 0.6) is 0 Å². The van der Waals surface area contributed by atoms with Gasteiger partial charge in [-0.2, -0.15) is 0 Å². The molecule has 0 radical (unpaired) electrons. The summed E-state index contributed by atoms with van der Waals surface area (Å²) in [5, 5.41) is 10.6. The summed E-state index contributed by atoms with van der Waals surface area (Å²) in [5.74, 6) is 0.806. The number of rotatable bonds is 6. The Kier molecular flexibility index (Phi) is 4.80.